The van der Waals surface area contributed by atoms with E-state index in [0.29, 0.717) is 17.2 Å². The number of nitrogens with two attached hydrogens (primary N) is 1. The third-order valence-corrected chi connectivity index (χ3v) is 5.16. The van der Waals surface area contributed by atoms with Crippen LogP contribution in [-0.2, 0) is 10.2 Å². The van der Waals surface area contributed by atoms with Crippen molar-refractivity contribution in [2.24, 2.45) is 5.73 Å². The quantitative estimate of drug-likeness (QED) is 0.850. The zero-order valence-electron chi connectivity index (χ0n) is 15.7. The van der Waals surface area contributed by atoms with Crippen molar-refractivity contribution in [2.45, 2.75) is 63.0 Å². The van der Waals surface area contributed by atoms with Crippen LogP contribution < -0.4 is 20.5 Å². The Morgan fingerprint density at radius 1 is 1.12 bits per heavy atom. The number of hydrogen-bond acceptors (Lipinski definition) is 5. The molecule has 2 aliphatic rings. The molecular formula is C19H28N2O4. The minimum absolute atomic E-state index is 0.0170. The van der Waals surface area contributed by atoms with Gasteiger partial charge >= 0.3 is 6.09 Å². The van der Waals surface area contributed by atoms with Crippen LogP contribution in [0.2, 0.25) is 0 Å². The molecular weight excluding hydrogens is 320 g/mol. The molecule has 0 spiro atoms. The zero-order valence-corrected chi connectivity index (χ0v) is 15.7. The summed E-state index contributed by atoms with van der Waals surface area (Å²) in [6.07, 6.45) is 3.67. The molecule has 0 aliphatic heterocycles. The van der Waals surface area contributed by atoms with Crippen LogP contribution in [-0.4, -0.2) is 31.5 Å². The molecule has 138 valence electrons. The fraction of sp³-hybridized carbons (Fsp3) is 0.632. The number of anilines is 1. The van der Waals surface area contributed by atoms with Crippen molar-refractivity contribution in [3.63, 3.8) is 0 Å². The van der Waals surface area contributed by atoms with Gasteiger partial charge in [-0.15, -0.1) is 0 Å². The maximum Gasteiger partial charge on any atom is 0.412 e. The summed E-state index contributed by atoms with van der Waals surface area (Å²) in [5, 5.41) is 2.80. The second kappa shape index (κ2) is 5.80. The molecule has 2 saturated carbocycles. The number of carbonyl (C=O) groups excluding carboxylic acids is 1. The predicted molar refractivity (Wildman–Crippen MR) is 96.5 cm³/mol. The van der Waals surface area contributed by atoms with Gasteiger partial charge in [0.2, 0.25) is 0 Å². The molecule has 0 aromatic heterocycles. The van der Waals surface area contributed by atoms with E-state index in [-0.39, 0.29) is 11.0 Å². The highest BCUT2D eigenvalue weighted by Gasteiger charge is 2.64. The molecule has 0 radical (unpaired) electrons. The summed E-state index contributed by atoms with van der Waals surface area (Å²) in [5.74, 6) is 1.07. The van der Waals surface area contributed by atoms with Gasteiger partial charge in [-0.3, -0.25) is 5.32 Å². The number of carbonyl (C=O) groups is 1. The van der Waals surface area contributed by atoms with Crippen LogP contribution in [0.5, 0.6) is 11.5 Å². The smallest absolute Gasteiger partial charge is 0.412 e. The fourth-order valence-corrected chi connectivity index (χ4v) is 3.56. The van der Waals surface area contributed by atoms with Crippen LogP contribution in [0.4, 0.5) is 10.5 Å². The number of hydrogen-bond donors (Lipinski definition) is 2. The van der Waals surface area contributed by atoms with Crippen LogP contribution in [0.25, 0.3) is 0 Å². The second-order valence-electron chi connectivity index (χ2n) is 8.12. The van der Waals surface area contributed by atoms with Gasteiger partial charge in [0, 0.05) is 11.0 Å². The van der Waals surface area contributed by atoms with Crippen LogP contribution >= 0.6 is 0 Å². The molecule has 3 rings (SSSR count). The summed E-state index contributed by atoms with van der Waals surface area (Å²) in [6, 6.07) is 3.93. The predicted octanol–water partition coefficient (Wildman–Crippen LogP) is 3.57. The van der Waals surface area contributed by atoms with E-state index in [9.17, 15) is 4.79 Å². The number of benzene rings is 1. The molecule has 0 saturated heterocycles. The average molecular weight is 348 g/mol. The van der Waals surface area contributed by atoms with Gasteiger partial charge in [0.05, 0.1) is 19.9 Å². The SMILES string of the molecule is COc1cc(C2(C3(N)CC3)CC2)cc(NC(=O)OC(C)(C)C)c1OC. The first-order valence-electron chi connectivity index (χ1n) is 8.69. The Labute approximate surface area is 149 Å². The summed E-state index contributed by atoms with van der Waals surface area (Å²) in [6.45, 7) is 5.47. The number of methoxy groups -OCH3 is 2. The highest BCUT2D eigenvalue weighted by atomic mass is 16.6. The standard InChI is InChI=1S/C19H28N2O4/c1-17(2,3)25-16(22)21-13-10-12(11-14(23-4)15(13)24-5)18(6-7-18)19(20)8-9-19/h10-11H,6-9,20H2,1-5H3,(H,21,22). The third-order valence-electron chi connectivity index (χ3n) is 5.16. The molecule has 0 heterocycles. The molecule has 0 unspecified atom stereocenters. The molecule has 0 atom stereocenters. The van der Waals surface area contributed by atoms with Crippen molar-refractivity contribution < 1.29 is 19.0 Å². The Balaban J connectivity index is 1.96. The van der Waals surface area contributed by atoms with Gasteiger partial charge in [0.25, 0.3) is 0 Å². The zero-order chi connectivity index (χ0) is 18.5. The van der Waals surface area contributed by atoms with Crippen molar-refractivity contribution in [2.75, 3.05) is 19.5 Å². The maximum atomic E-state index is 12.2. The molecule has 2 aliphatic carbocycles. The minimum atomic E-state index is -0.577. The number of amides is 1. The Morgan fingerprint density at radius 3 is 2.20 bits per heavy atom. The highest BCUT2D eigenvalue weighted by molar-refractivity contribution is 5.88. The molecule has 6 nitrogen and oxygen atoms in total. The van der Waals surface area contributed by atoms with Crippen molar-refractivity contribution >= 4 is 11.8 Å². The van der Waals surface area contributed by atoms with E-state index in [1.165, 1.54) is 0 Å². The lowest BCUT2D eigenvalue weighted by molar-refractivity contribution is 0.0635. The van der Waals surface area contributed by atoms with Gasteiger partial charge < -0.3 is 19.9 Å². The maximum absolute atomic E-state index is 12.2. The van der Waals surface area contributed by atoms with Gasteiger partial charge in [0.15, 0.2) is 11.5 Å². The van der Waals surface area contributed by atoms with Crippen molar-refractivity contribution in [1.82, 2.24) is 0 Å². The van der Waals surface area contributed by atoms with Crippen LogP contribution in [0.15, 0.2) is 12.1 Å². The normalized spacial score (nSPS) is 19.8. The van der Waals surface area contributed by atoms with Crippen LogP contribution in [0.3, 0.4) is 0 Å². The van der Waals surface area contributed by atoms with E-state index in [4.69, 9.17) is 19.9 Å². The Morgan fingerprint density at radius 2 is 1.76 bits per heavy atom. The molecule has 3 N–H and O–H groups in total. The van der Waals surface area contributed by atoms with E-state index in [1.54, 1.807) is 14.2 Å². The molecule has 6 heteroatoms. The molecule has 25 heavy (non-hydrogen) atoms. The summed E-state index contributed by atoms with van der Waals surface area (Å²) >= 11 is 0. The van der Waals surface area contributed by atoms with E-state index < -0.39 is 11.7 Å². The first-order valence-corrected chi connectivity index (χ1v) is 8.69. The summed E-state index contributed by atoms with van der Waals surface area (Å²) in [4.78, 5) is 12.2. The van der Waals surface area contributed by atoms with E-state index in [1.807, 2.05) is 32.9 Å². The first kappa shape index (κ1) is 17.9. The van der Waals surface area contributed by atoms with E-state index in [2.05, 4.69) is 5.32 Å². The lowest BCUT2D eigenvalue weighted by Crippen LogP contribution is -2.37. The topological polar surface area (TPSA) is 82.8 Å². The second-order valence-corrected chi connectivity index (χ2v) is 8.12. The van der Waals surface area contributed by atoms with Crippen LogP contribution in [0, 0.1) is 0 Å². The molecule has 2 fully saturated rings. The third kappa shape index (κ3) is 3.27. The van der Waals surface area contributed by atoms with Gasteiger partial charge in [-0.25, -0.2) is 4.79 Å². The van der Waals surface area contributed by atoms with Crippen LogP contribution in [0.1, 0.15) is 52.0 Å². The van der Waals surface area contributed by atoms with Gasteiger partial charge in [-0.05, 0) is 64.2 Å². The Hall–Kier alpha value is -1.95. The monoisotopic (exact) mass is 348 g/mol. The summed E-state index contributed by atoms with van der Waals surface area (Å²) in [5.41, 5.74) is 7.44. The fourth-order valence-electron chi connectivity index (χ4n) is 3.56. The largest absolute Gasteiger partial charge is 0.493 e. The summed E-state index contributed by atoms with van der Waals surface area (Å²) < 4.78 is 16.3. The Bertz CT molecular complexity index is 685. The average Bonchev–Trinajstić information content (AvgIpc) is 3.40. The molecule has 0 bridgehead atoms. The Kier molecular flexibility index (Phi) is 4.14. The molecule has 1 amide bonds. The molecule has 1 aromatic carbocycles. The van der Waals surface area contributed by atoms with Crippen molar-refractivity contribution in [1.29, 1.82) is 0 Å². The lowest BCUT2D eigenvalue weighted by atomic mass is 9.85. The van der Waals surface area contributed by atoms with Crippen molar-refractivity contribution in [3.8, 4) is 11.5 Å². The van der Waals surface area contributed by atoms with E-state index >= 15 is 0 Å². The van der Waals surface area contributed by atoms with Gasteiger partial charge in [-0.2, -0.15) is 0 Å². The first-order chi connectivity index (χ1) is 11.6. The van der Waals surface area contributed by atoms with Gasteiger partial charge in [-0.1, -0.05) is 0 Å². The molecule has 1 aromatic rings. The number of ether oxygens (including phenoxy) is 3. The lowest BCUT2D eigenvalue weighted by Gasteiger charge is -2.26. The van der Waals surface area contributed by atoms with Crippen molar-refractivity contribution in [3.05, 3.63) is 17.7 Å². The highest BCUT2D eigenvalue weighted by Crippen LogP contribution is 2.64. The number of nitrogens with one attached hydrogen (secondary N) is 1. The number of rotatable bonds is 5. The summed E-state index contributed by atoms with van der Waals surface area (Å²) in [7, 11) is 3.14. The minimum Gasteiger partial charge on any atom is -0.493 e. The van der Waals surface area contributed by atoms with Gasteiger partial charge in [0.1, 0.15) is 5.60 Å². The van der Waals surface area contributed by atoms with E-state index in [0.717, 1.165) is 31.2 Å².